The maximum absolute atomic E-state index is 10.8. The summed E-state index contributed by atoms with van der Waals surface area (Å²) in [4.78, 5) is 13.1. The van der Waals surface area contributed by atoms with Crippen molar-refractivity contribution in [1.29, 1.82) is 0 Å². The molecule has 0 bridgehead atoms. The summed E-state index contributed by atoms with van der Waals surface area (Å²) in [5.41, 5.74) is 6.62. The molecule has 5 rings (SSSR count). The average Bonchev–Trinajstić information content (AvgIpc) is 3.38. The second-order valence-corrected chi connectivity index (χ2v) is 9.30. The number of hydrogen-bond acceptors (Lipinski definition) is 8. The van der Waals surface area contributed by atoms with Crippen LogP contribution in [0.2, 0.25) is 5.28 Å². The topological polar surface area (TPSA) is 113 Å². The largest absolute Gasteiger partial charge is 0.387 e. The fourth-order valence-electron chi connectivity index (χ4n) is 5.44. The van der Waals surface area contributed by atoms with Crippen LogP contribution in [0.5, 0.6) is 0 Å². The van der Waals surface area contributed by atoms with Crippen LogP contribution in [-0.2, 0) is 4.74 Å². The molecule has 4 N–H and O–H groups in total. The van der Waals surface area contributed by atoms with Gasteiger partial charge in [0.05, 0.1) is 5.39 Å². The number of anilines is 1. The third-order valence-electron chi connectivity index (χ3n) is 7.24. The Kier molecular flexibility index (Phi) is 5.16. The zero-order valence-electron chi connectivity index (χ0n) is 17.1. The molecule has 3 fully saturated rings. The number of halogens is 1. The van der Waals surface area contributed by atoms with E-state index in [0.717, 1.165) is 38.9 Å². The molecule has 0 amide bonds. The Morgan fingerprint density at radius 3 is 2.73 bits per heavy atom. The molecule has 0 aliphatic carbocycles. The summed E-state index contributed by atoms with van der Waals surface area (Å²) in [6.45, 7) is 3.79. The van der Waals surface area contributed by atoms with Crippen LogP contribution in [0.25, 0.3) is 11.0 Å². The van der Waals surface area contributed by atoms with E-state index in [4.69, 9.17) is 22.1 Å². The first-order chi connectivity index (χ1) is 14.4. The molecular formula is C20H29ClN6O3. The Morgan fingerprint density at radius 2 is 1.97 bits per heavy atom. The summed E-state index contributed by atoms with van der Waals surface area (Å²) in [6, 6.07) is 1.77. The van der Waals surface area contributed by atoms with Crippen LogP contribution in [0.1, 0.15) is 31.9 Å². The van der Waals surface area contributed by atoms with Crippen molar-refractivity contribution in [3.05, 3.63) is 17.5 Å². The molecule has 2 aromatic rings. The lowest BCUT2D eigenvalue weighted by atomic mass is 9.85. The first-order valence-corrected chi connectivity index (χ1v) is 11.0. The fourth-order valence-corrected chi connectivity index (χ4v) is 5.61. The number of aliphatic hydroxyl groups is 2. The van der Waals surface area contributed by atoms with Crippen LogP contribution in [-0.4, -0.2) is 91.6 Å². The molecule has 0 aromatic carbocycles. The standard InChI is InChI=1S/C20H29ClN6O3/c1-25-9-5-20(6-10-25)4-2-7-26(20)11-13-14(28)15(29)18(30-13)27-8-3-12-16(22)23-19(21)24-17(12)27/h3,8,13-15,18,28-29H,2,4-7,9-11H2,1H3,(H2,22,23,24)/t13-,14-,15-,18-/m1/s1. The zero-order valence-corrected chi connectivity index (χ0v) is 17.9. The number of ether oxygens (including phenoxy) is 1. The molecule has 3 saturated heterocycles. The predicted molar refractivity (Wildman–Crippen MR) is 113 cm³/mol. The summed E-state index contributed by atoms with van der Waals surface area (Å²) in [6.07, 6.45) is 3.06. The normalized spacial score (nSPS) is 32.5. The van der Waals surface area contributed by atoms with Gasteiger partial charge in [0.25, 0.3) is 0 Å². The number of nitrogen functional groups attached to an aromatic ring is 1. The van der Waals surface area contributed by atoms with E-state index in [0.29, 0.717) is 17.6 Å². The Labute approximate surface area is 180 Å². The van der Waals surface area contributed by atoms with Crippen molar-refractivity contribution in [1.82, 2.24) is 24.3 Å². The van der Waals surface area contributed by atoms with Crippen LogP contribution < -0.4 is 5.73 Å². The summed E-state index contributed by atoms with van der Waals surface area (Å²) in [5.74, 6) is 0.273. The number of likely N-dealkylation sites (tertiary alicyclic amines) is 2. The van der Waals surface area contributed by atoms with E-state index in [1.54, 1.807) is 16.8 Å². The van der Waals surface area contributed by atoms with Crippen molar-refractivity contribution in [2.45, 2.75) is 55.8 Å². The molecular weight excluding hydrogens is 408 g/mol. The minimum absolute atomic E-state index is 0.0332. The van der Waals surface area contributed by atoms with Crippen molar-refractivity contribution in [3.63, 3.8) is 0 Å². The minimum Gasteiger partial charge on any atom is -0.387 e. The van der Waals surface area contributed by atoms with E-state index in [1.807, 2.05) is 0 Å². The van der Waals surface area contributed by atoms with Crippen LogP contribution >= 0.6 is 11.6 Å². The smallest absolute Gasteiger partial charge is 0.226 e. The number of aromatic nitrogens is 3. The van der Waals surface area contributed by atoms with E-state index in [2.05, 4.69) is 26.8 Å². The van der Waals surface area contributed by atoms with Crippen molar-refractivity contribution in [3.8, 4) is 0 Å². The molecule has 10 heteroatoms. The molecule has 30 heavy (non-hydrogen) atoms. The van der Waals surface area contributed by atoms with Gasteiger partial charge < -0.3 is 30.2 Å². The number of piperidine rings is 1. The average molecular weight is 437 g/mol. The number of nitrogens with two attached hydrogens (primary N) is 1. The van der Waals surface area contributed by atoms with Crippen molar-refractivity contribution >= 4 is 28.5 Å². The molecule has 1 spiro atoms. The van der Waals surface area contributed by atoms with E-state index >= 15 is 0 Å². The van der Waals surface area contributed by atoms with Crippen LogP contribution in [0.4, 0.5) is 5.82 Å². The number of fused-ring (bicyclic) bond motifs is 1. The van der Waals surface area contributed by atoms with E-state index < -0.39 is 24.5 Å². The van der Waals surface area contributed by atoms with Gasteiger partial charge in [-0.15, -0.1) is 0 Å². The number of hydrogen-bond donors (Lipinski definition) is 3. The van der Waals surface area contributed by atoms with Crippen molar-refractivity contribution in [2.24, 2.45) is 0 Å². The molecule has 0 saturated carbocycles. The van der Waals surface area contributed by atoms with Gasteiger partial charge in [-0.3, -0.25) is 4.90 Å². The highest BCUT2D eigenvalue weighted by atomic mass is 35.5. The highest BCUT2D eigenvalue weighted by Gasteiger charge is 2.49. The SMILES string of the molecule is CN1CCC2(CCCN2C[C@H]2O[C@@H](n3ccc4c(N)nc(Cl)nc43)[C@H](O)[C@@H]2O)CC1. The molecule has 2 aromatic heterocycles. The number of nitrogens with zero attached hydrogens (tertiary/aromatic N) is 5. The summed E-state index contributed by atoms with van der Waals surface area (Å²) >= 11 is 5.98. The molecule has 5 heterocycles. The molecule has 9 nitrogen and oxygen atoms in total. The van der Waals surface area contributed by atoms with E-state index in [1.165, 1.54) is 6.42 Å². The Morgan fingerprint density at radius 1 is 1.20 bits per heavy atom. The second kappa shape index (κ2) is 7.58. The molecule has 0 unspecified atom stereocenters. The third kappa shape index (κ3) is 3.28. The van der Waals surface area contributed by atoms with Gasteiger partial charge in [0, 0.05) is 18.3 Å². The minimum atomic E-state index is -1.07. The van der Waals surface area contributed by atoms with Gasteiger partial charge in [0.2, 0.25) is 5.28 Å². The first kappa shape index (κ1) is 20.4. The van der Waals surface area contributed by atoms with Gasteiger partial charge in [0.15, 0.2) is 6.23 Å². The fraction of sp³-hybridized carbons (Fsp3) is 0.700. The Hall–Kier alpha value is -1.49. The highest BCUT2D eigenvalue weighted by molar-refractivity contribution is 6.28. The van der Waals surface area contributed by atoms with Crippen LogP contribution in [0.3, 0.4) is 0 Å². The van der Waals surface area contributed by atoms with Gasteiger partial charge >= 0.3 is 0 Å². The number of rotatable bonds is 3. The lowest BCUT2D eigenvalue weighted by Gasteiger charge is -2.45. The lowest BCUT2D eigenvalue weighted by Crippen LogP contribution is -2.54. The summed E-state index contributed by atoms with van der Waals surface area (Å²) in [5, 5.41) is 22.2. The van der Waals surface area contributed by atoms with Crippen LogP contribution in [0, 0.1) is 0 Å². The molecule has 4 atom stereocenters. The van der Waals surface area contributed by atoms with E-state index in [-0.39, 0.29) is 16.6 Å². The third-order valence-corrected chi connectivity index (χ3v) is 7.41. The molecule has 164 valence electrons. The van der Waals surface area contributed by atoms with Gasteiger partial charge in [0.1, 0.15) is 29.8 Å². The quantitative estimate of drug-likeness (QED) is 0.607. The second-order valence-electron chi connectivity index (χ2n) is 8.96. The molecule has 0 radical (unpaired) electrons. The van der Waals surface area contributed by atoms with Gasteiger partial charge in [-0.05, 0) is 70.0 Å². The lowest BCUT2D eigenvalue weighted by molar-refractivity contribution is -0.0569. The van der Waals surface area contributed by atoms with E-state index in [9.17, 15) is 10.2 Å². The maximum Gasteiger partial charge on any atom is 0.226 e. The Balaban J connectivity index is 1.37. The Bertz CT molecular complexity index is 931. The van der Waals surface area contributed by atoms with Gasteiger partial charge in [-0.2, -0.15) is 4.98 Å². The van der Waals surface area contributed by atoms with Gasteiger partial charge in [-0.25, -0.2) is 4.98 Å². The van der Waals surface area contributed by atoms with Gasteiger partial charge in [-0.1, -0.05) is 0 Å². The molecule has 3 aliphatic rings. The highest BCUT2D eigenvalue weighted by Crippen LogP contribution is 2.40. The zero-order chi connectivity index (χ0) is 21.0. The molecule has 3 aliphatic heterocycles. The number of aliphatic hydroxyl groups excluding tert-OH is 2. The predicted octanol–water partition coefficient (Wildman–Crippen LogP) is 0.846. The first-order valence-electron chi connectivity index (χ1n) is 10.6. The summed E-state index contributed by atoms with van der Waals surface area (Å²) < 4.78 is 7.88. The van der Waals surface area contributed by atoms with Crippen LogP contribution in [0.15, 0.2) is 12.3 Å². The maximum atomic E-state index is 10.8. The van der Waals surface area contributed by atoms with Crippen molar-refractivity contribution in [2.75, 3.05) is 39.0 Å². The van der Waals surface area contributed by atoms with Crippen molar-refractivity contribution < 1.29 is 14.9 Å². The monoisotopic (exact) mass is 436 g/mol. The summed E-state index contributed by atoms with van der Waals surface area (Å²) in [7, 11) is 2.17.